The van der Waals surface area contributed by atoms with Crippen LogP contribution < -0.4 is 5.32 Å². The van der Waals surface area contributed by atoms with Gasteiger partial charge in [0.25, 0.3) is 5.91 Å². The Morgan fingerprint density at radius 3 is 2.96 bits per heavy atom. The molecule has 24 heavy (non-hydrogen) atoms. The number of aryl methyl sites for hydroxylation is 2. The SMILES string of the molecule is O=C(CN1CCCCC(O)C1=O)NCc1ccc2c(n1)CCCC2. The van der Waals surface area contributed by atoms with E-state index >= 15 is 0 Å². The van der Waals surface area contributed by atoms with E-state index in [0.29, 0.717) is 19.5 Å². The first-order chi connectivity index (χ1) is 11.6. The largest absolute Gasteiger partial charge is 0.383 e. The maximum atomic E-state index is 12.1. The summed E-state index contributed by atoms with van der Waals surface area (Å²) in [6, 6.07) is 4.07. The van der Waals surface area contributed by atoms with Crippen LogP contribution in [0.5, 0.6) is 0 Å². The Kier molecular flexibility index (Phi) is 5.45. The van der Waals surface area contributed by atoms with Gasteiger partial charge in [0.1, 0.15) is 6.10 Å². The smallest absolute Gasteiger partial charge is 0.251 e. The number of nitrogens with one attached hydrogen (secondary N) is 1. The average molecular weight is 331 g/mol. The molecule has 2 N–H and O–H groups in total. The molecular formula is C18H25N3O3. The lowest BCUT2D eigenvalue weighted by Gasteiger charge is -2.21. The van der Waals surface area contributed by atoms with Crippen LogP contribution in [0, 0.1) is 0 Å². The summed E-state index contributed by atoms with van der Waals surface area (Å²) in [5, 5.41) is 12.6. The number of hydrogen-bond acceptors (Lipinski definition) is 4. The number of rotatable bonds is 4. The van der Waals surface area contributed by atoms with Crippen molar-refractivity contribution in [2.75, 3.05) is 13.1 Å². The van der Waals surface area contributed by atoms with E-state index < -0.39 is 6.10 Å². The number of carbonyl (C=O) groups is 2. The highest BCUT2D eigenvalue weighted by atomic mass is 16.3. The van der Waals surface area contributed by atoms with Crippen LogP contribution in [-0.4, -0.2) is 46.0 Å². The number of likely N-dealkylation sites (tertiary alicyclic amines) is 1. The number of aliphatic hydroxyl groups excluding tert-OH is 1. The highest BCUT2D eigenvalue weighted by molar-refractivity contribution is 5.87. The van der Waals surface area contributed by atoms with Gasteiger partial charge in [0.15, 0.2) is 0 Å². The van der Waals surface area contributed by atoms with Gasteiger partial charge in [-0.3, -0.25) is 14.6 Å². The highest BCUT2D eigenvalue weighted by Gasteiger charge is 2.26. The Labute approximate surface area is 142 Å². The summed E-state index contributed by atoms with van der Waals surface area (Å²) in [6.07, 6.45) is 5.65. The van der Waals surface area contributed by atoms with Gasteiger partial charge < -0.3 is 15.3 Å². The van der Waals surface area contributed by atoms with Crippen LogP contribution in [0.2, 0.25) is 0 Å². The van der Waals surface area contributed by atoms with E-state index in [1.165, 1.54) is 23.3 Å². The van der Waals surface area contributed by atoms with Crippen LogP contribution in [0.15, 0.2) is 12.1 Å². The fourth-order valence-electron chi connectivity index (χ4n) is 3.39. The molecule has 0 spiro atoms. The van der Waals surface area contributed by atoms with Crippen LogP contribution >= 0.6 is 0 Å². The third-order valence-corrected chi connectivity index (χ3v) is 4.79. The van der Waals surface area contributed by atoms with Crippen molar-refractivity contribution < 1.29 is 14.7 Å². The van der Waals surface area contributed by atoms with Gasteiger partial charge in [0, 0.05) is 12.2 Å². The first kappa shape index (κ1) is 16.9. The third-order valence-electron chi connectivity index (χ3n) is 4.79. The molecule has 1 fully saturated rings. The Balaban J connectivity index is 1.52. The number of pyridine rings is 1. The van der Waals surface area contributed by atoms with E-state index in [9.17, 15) is 14.7 Å². The molecule has 1 aliphatic heterocycles. The maximum Gasteiger partial charge on any atom is 0.251 e. The summed E-state index contributed by atoms with van der Waals surface area (Å²) in [6.45, 7) is 0.901. The van der Waals surface area contributed by atoms with Crippen molar-refractivity contribution in [1.29, 1.82) is 0 Å². The average Bonchev–Trinajstić information content (AvgIpc) is 2.75. The van der Waals surface area contributed by atoms with Crippen LogP contribution in [-0.2, 0) is 29.0 Å². The van der Waals surface area contributed by atoms with Crippen LogP contribution in [0.25, 0.3) is 0 Å². The Hall–Kier alpha value is -1.95. The van der Waals surface area contributed by atoms with Gasteiger partial charge in [-0.05, 0) is 56.6 Å². The standard InChI is InChI=1S/C18H25N3O3/c22-16-7-3-4-10-21(18(16)24)12-17(23)19-11-14-9-8-13-5-1-2-6-15(13)20-14/h8-9,16,22H,1-7,10-12H2,(H,19,23). The number of fused-ring (bicyclic) bond motifs is 1. The fourth-order valence-corrected chi connectivity index (χ4v) is 3.39. The van der Waals surface area contributed by atoms with E-state index in [2.05, 4.69) is 16.4 Å². The monoisotopic (exact) mass is 331 g/mol. The predicted octanol–water partition coefficient (Wildman–Crippen LogP) is 0.950. The molecule has 1 aromatic rings. The summed E-state index contributed by atoms with van der Waals surface area (Å²) < 4.78 is 0. The molecule has 6 heteroatoms. The number of nitrogens with zero attached hydrogens (tertiary/aromatic N) is 2. The lowest BCUT2D eigenvalue weighted by Crippen LogP contribution is -2.44. The molecule has 2 amide bonds. The maximum absolute atomic E-state index is 12.1. The predicted molar refractivity (Wildman–Crippen MR) is 89.2 cm³/mol. The second-order valence-electron chi connectivity index (χ2n) is 6.66. The minimum absolute atomic E-state index is 0.000827. The quantitative estimate of drug-likeness (QED) is 0.860. The summed E-state index contributed by atoms with van der Waals surface area (Å²) in [7, 11) is 0. The molecule has 0 bridgehead atoms. The van der Waals surface area contributed by atoms with Gasteiger partial charge in [-0.2, -0.15) is 0 Å². The molecule has 3 rings (SSSR count). The Morgan fingerprint density at radius 1 is 1.25 bits per heavy atom. The molecule has 0 radical (unpaired) electrons. The van der Waals surface area contributed by atoms with E-state index in [-0.39, 0.29) is 18.4 Å². The molecule has 1 saturated heterocycles. The topological polar surface area (TPSA) is 82.5 Å². The number of hydrogen-bond donors (Lipinski definition) is 2. The number of amides is 2. The van der Waals surface area contributed by atoms with Crippen molar-refractivity contribution in [1.82, 2.24) is 15.2 Å². The number of aromatic nitrogens is 1. The second-order valence-corrected chi connectivity index (χ2v) is 6.66. The van der Waals surface area contributed by atoms with E-state index in [1.807, 2.05) is 6.07 Å². The molecule has 1 aliphatic carbocycles. The van der Waals surface area contributed by atoms with Crippen molar-refractivity contribution in [3.8, 4) is 0 Å². The van der Waals surface area contributed by atoms with E-state index in [1.54, 1.807) is 0 Å². The first-order valence-corrected chi connectivity index (χ1v) is 8.85. The lowest BCUT2D eigenvalue weighted by molar-refractivity contribution is -0.142. The van der Waals surface area contributed by atoms with E-state index in [0.717, 1.165) is 37.1 Å². The summed E-state index contributed by atoms with van der Waals surface area (Å²) in [5.74, 6) is -0.550. The van der Waals surface area contributed by atoms with Crippen molar-refractivity contribution in [3.63, 3.8) is 0 Å². The van der Waals surface area contributed by atoms with Crippen molar-refractivity contribution >= 4 is 11.8 Å². The molecule has 0 saturated carbocycles. The second kappa shape index (κ2) is 7.75. The zero-order valence-corrected chi connectivity index (χ0v) is 14.0. The molecule has 2 heterocycles. The van der Waals surface area contributed by atoms with Crippen molar-refractivity contribution in [3.05, 3.63) is 29.1 Å². The number of carbonyl (C=O) groups excluding carboxylic acids is 2. The fraction of sp³-hybridized carbons (Fsp3) is 0.611. The molecule has 130 valence electrons. The van der Waals surface area contributed by atoms with Gasteiger partial charge >= 0.3 is 0 Å². The van der Waals surface area contributed by atoms with E-state index in [4.69, 9.17) is 0 Å². The molecule has 0 aromatic carbocycles. The van der Waals surface area contributed by atoms with Crippen molar-refractivity contribution in [2.24, 2.45) is 0 Å². The van der Waals surface area contributed by atoms with Crippen LogP contribution in [0.3, 0.4) is 0 Å². The summed E-state index contributed by atoms with van der Waals surface area (Å²) in [5.41, 5.74) is 3.32. The van der Waals surface area contributed by atoms with Gasteiger partial charge in [-0.1, -0.05) is 6.07 Å². The third kappa shape index (κ3) is 4.12. The minimum atomic E-state index is -0.970. The molecule has 1 unspecified atom stereocenters. The minimum Gasteiger partial charge on any atom is -0.383 e. The van der Waals surface area contributed by atoms with Gasteiger partial charge in [0.2, 0.25) is 5.91 Å². The van der Waals surface area contributed by atoms with Crippen molar-refractivity contribution in [2.45, 2.75) is 57.6 Å². The highest BCUT2D eigenvalue weighted by Crippen LogP contribution is 2.19. The van der Waals surface area contributed by atoms with Crippen LogP contribution in [0.4, 0.5) is 0 Å². The first-order valence-electron chi connectivity index (χ1n) is 8.85. The van der Waals surface area contributed by atoms with Gasteiger partial charge in [-0.25, -0.2) is 0 Å². The molecular weight excluding hydrogens is 306 g/mol. The zero-order chi connectivity index (χ0) is 16.9. The Bertz CT molecular complexity index is 618. The Morgan fingerprint density at radius 2 is 2.08 bits per heavy atom. The zero-order valence-electron chi connectivity index (χ0n) is 14.0. The molecule has 1 atom stereocenters. The molecule has 6 nitrogen and oxygen atoms in total. The molecule has 1 aromatic heterocycles. The van der Waals surface area contributed by atoms with Crippen LogP contribution in [0.1, 0.15) is 49.1 Å². The number of aliphatic hydroxyl groups is 1. The van der Waals surface area contributed by atoms with Gasteiger partial charge in [0.05, 0.1) is 18.8 Å². The normalized spacial score (nSPS) is 21.1. The summed E-state index contributed by atoms with van der Waals surface area (Å²) >= 11 is 0. The van der Waals surface area contributed by atoms with Gasteiger partial charge in [-0.15, -0.1) is 0 Å². The molecule has 2 aliphatic rings. The summed E-state index contributed by atoms with van der Waals surface area (Å²) in [4.78, 5) is 30.2. The lowest BCUT2D eigenvalue weighted by atomic mass is 9.96.